The number of halogens is 3. The van der Waals surface area contributed by atoms with Crippen LogP contribution in [0.4, 0.5) is 18.9 Å². The summed E-state index contributed by atoms with van der Waals surface area (Å²) in [5.74, 6) is -0.756. The van der Waals surface area contributed by atoms with Gasteiger partial charge in [0.1, 0.15) is 5.56 Å². The molecular formula is C18H12F3NO4. The topological polar surface area (TPSA) is 95.2 Å². The minimum Gasteiger partial charge on any atom is -0.870 e. The molecule has 5 nitrogen and oxygen atoms in total. The number of carbonyl (C=O) groups excluding carboxylic acids is 2. The van der Waals surface area contributed by atoms with Gasteiger partial charge in [0.2, 0.25) is 0 Å². The normalized spacial score (nSPS) is 13.6. The van der Waals surface area contributed by atoms with Crippen LogP contribution in [0.5, 0.6) is 0 Å². The standard InChI is InChI=1S/C18H10F3NO3.H2O/c19-18(20,21)14-8-10(5-6-15(14)22-25)7-11-9-16(23)12-3-1-2-4-13(12)17(11)24;/h1-6,8-9H,7H2;1H2. The zero-order chi connectivity index (χ0) is 18.2. The highest BCUT2D eigenvalue weighted by Crippen LogP contribution is 2.34. The van der Waals surface area contributed by atoms with Gasteiger partial charge in [-0.3, -0.25) is 9.59 Å². The lowest BCUT2D eigenvalue weighted by Gasteiger charge is -2.15. The van der Waals surface area contributed by atoms with Gasteiger partial charge in [-0.2, -0.15) is 13.2 Å². The monoisotopic (exact) mass is 363 g/mol. The number of nitrogens with one attached hydrogen (secondary N) is 1. The fourth-order valence-electron chi connectivity index (χ4n) is 2.75. The van der Waals surface area contributed by atoms with E-state index in [0.717, 1.165) is 18.2 Å². The SMILES string of the molecule is O=[NH+]c1ccc(CC2=CC(=O)c3ccccc3C2=O)cc1C(F)(F)F.[OH-]. The lowest BCUT2D eigenvalue weighted by Crippen LogP contribution is -2.57. The van der Waals surface area contributed by atoms with Gasteiger partial charge in [-0.05, 0) is 17.7 Å². The molecule has 0 saturated heterocycles. The average Bonchev–Trinajstić information content (AvgIpc) is 2.58. The molecule has 2 aromatic rings. The number of ketones is 2. The van der Waals surface area contributed by atoms with Crippen LogP contribution in [0.1, 0.15) is 31.8 Å². The number of hydrogen-bond acceptors (Lipinski definition) is 4. The van der Waals surface area contributed by atoms with Gasteiger partial charge >= 0.3 is 6.18 Å². The maximum absolute atomic E-state index is 13.0. The summed E-state index contributed by atoms with van der Waals surface area (Å²) in [7, 11) is 0. The van der Waals surface area contributed by atoms with Crippen LogP contribution >= 0.6 is 0 Å². The van der Waals surface area contributed by atoms with Crippen LogP contribution in [-0.4, -0.2) is 17.0 Å². The van der Waals surface area contributed by atoms with E-state index in [9.17, 15) is 27.7 Å². The molecule has 8 heteroatoms. The Bertz CT molecular complexity index is 932. The summed E-state index contributed by atoms with van der Waals surface area (Å²) >= 11 is 0. The molecule has 0 heterocycles. The number of alkyl halides is 3. The van der Waals surface area contributed by atoms with E-state index in [1.54, 1.807) is 12.1 Å². The molecule has 26 heavy (non-hydrogen) atoms. The van der Waals surface area contributed by atoms with E-state index < -0.39 is 23.2 Å². The minimum absolute atomic E-state index is 0. The molecule has 0 atom stereocenters. The van der Waals surface area contributed by atoms with Crippen molar-refractivity contribution in [2.45, 2.75) is 12.6 Å². The van der Waals surface area contributed by atoms with Crippen molar-refractivity contribution >= 4 is 17.3 Å². The van der Waals surface area contributed by atoms with Crippen molar-refractivity contribution in [3.05, 3.63) is 81.3 Å². The highest BCUT2D eigenvalue weighted by Gasteiger charge is 2.37. The van der Waals surface area contributed by atoms with Crippen LogP contribution in [0.15, 0.2) is 54.1 Å². The predicted octanol–water partition coefficient (Wildman–Crippen LogP) is 2.56. The third-order valence-corrected chi connectivity index (χ3v) is 3.93. The first-order valence-electron chi connectivity index (χ1n) is 7.28. The molecule has 0 saturated carbocycles. The van der Waals surface area contributed by atoms with E-state index >= 15 is 0 Å². The zero-order valence-electron chi connectivity index (χ0n) is 13.1. The average molecular weight is 363 g/mol. The van der Waals surface area contributed by atoms with Gasteiger partial charge in [-0.15, -0.1) is 0 Å². The fourth-order valence-corrected chi connectivity index (χ4v) is 2.75. The van der Waals surface area contributed by atoms with Gasteiger partial charge in [0.25, 0.3) is 5.69 Å². The Morgan fingerprint density at radius 1 is 0.962 bits per heavy atom. The van der Waals surface area contributed by atoms with Crippen molar-refractivity contribution in [1.29, 1.82) is 0 Å². The minimum atomic E-state index is -4.71. The molecular weight excluding hydrogens is 351 g/mol. The zero-order valence-corrected chi connectivity index (χ0v) is 13.1. The Kier molecular flexibility index (Phi) is 5.17. The predicted molar refractivity (Wildman–Crippen MR) is 84.3 cm³/mol. The van der Waals surface area contributed by atoms with Crippen LogP contribution in [0.3, 0.4) is 0 Å². The molecule has 2 N–H and O–H groups in total. The number of benzene rings is 2. The van der Waals surface area contributed by atoms with Crippen molar-refractivity contribution in [2.24, 2.45) is 0 Å². The molecule has 0 fully saturated rings. The Hall–Kier alpha value is -3.13. The third kappa shape index (κ3) is 3.45. The van der Waals surface area contributed by atoms with E-state index in [0.29, 0.717) is 0 Å². The molecule has 0 spiro atoms. The highest BCUT2D eigenvalue weighted by molar-refractivity contribution is 6.24. The Labute approximate surface area is 145 Å². The van der Waals surface area contributed by atoms with Crippen molar-refractivity contribution in [1.82, 2.24) is 0 Å². The Morgan fingerprint density at radius 3 is 2.23 bits per heavy atom. The highest BCUT2D eigenvalue weighted by atomic mass is 19.4. The van der Waals surface area contributed by atoms with E-state index in [-0.39, 0.29) is 39.9 Å². The van der Waals surface area contributed by atoms with Gasteiger partial charge in [0.05, 0.1) is 0 Å². The molecule has 0 unspecified atom stereocenters. The van der Waals surface area contributed by atoms with Gasteiger partial charge in [0, 0.05) is 39.3 Å². The molecule has 0 aromatic heterocycles. The molecule has 0 bridgehead atoms. The van der Waals surface area contributed by atoms with Crippen LogP contribution in [-0.2, 0) is 12.6 Å². The summed E-state index contributed by atoms with van der Waals surface area (Å²) in [5, 5.41) is 1.26. The maximum Gasteiger partial charge on any atom is 0.422 e. The fraction of sp³-hybridized carbons (Fsp3) is 0.111. The van der Waals surface area contributed by atoms with E-state index in [1.807, 2.05) is 0 Å². The van der Waals surface area contributed by atoms with Crippen LogP contribution < -0.4 is 5.18 Å². The molecule has 134 valence electrons. The number of Topliss-reactive ketones (excluding diaryl/α,β-unsaturated/α-hetero) is 1. The van der Waals surface area contributed by atoms with Crippen molar-refractivity contribution in [3.8, 4) is 0 Å². The van der Waals surface area contributed by atoms with Crippen LogP contribution in [0, 0.1) is 4.91 Å². The van der Waals surface area contributed by atoms with Crippen molar-refractivity contribution in [2.75, 3.05) is 0 Å². The molecule has 0 amide bonds. The first-order valence-corrected chi connectivity index (χ1v) is 7.28. The molecule has 2 aromatic carbocycles. The van der Waals surface area contributed by atoms with Crippen LogP contribution in [0.25, 0.3) is 0 Å². The molecule has 1 aliphatic rings. The largest absolute Gasteiger partial charge is 0.870 e. The maximum atomic E-state index is 13.0. The second-order valence-corrected chi connectivity index (χ2v) is 5.57. The smallest absolute Gasteiger partial charge is 0.422 e. The first kappa shape index (κ1) is 19.2. The summed E-state index contributed by atoms with van der Waals surface area (Å²) in [6.45, 7) is 0. The molecule has 3 rings (SSSR count). The number of rotatable bonds is 3. The number of carbonyl (C=O) groups is 2. The third-order valence-electron chi connectivity index (χ3n) is 3.93. The second kappa shape index (κ2) is 7.01. The van der Waals surface area contributed by atoms with E-state index in [2.05, 4.69) is 0 Å². The van der Waals surface area contributed by atoms with Gasteiger partial charge in [-0.25, -0.2) is 0 Å². The molecule has 0 aliphatic heterocycles. The number of nitroso groups, excluding NO2 is 1. The summed E-state index contributed by atoms with van der Waals surface area (Å²) in [6, 6.07) is 9.41. The summed E-state index contributed by atoms with van der Waals surface area (Å²) in [4.78, 5) is 35.2. The second-order valence-electron chi connectivity index (χ2n) is 5.57. The van der Waals surface area contributed by atoms with Crippen molar-refractivity contribution < 1.29 is 33.4 Å². The van der Waals surface area contributed by atoms with E-state index in [1.165, 1.54) is 23.4 Å². The summed E-state index contributed by atoms with van der Waals surface area (Å²) < 4.78 is 39.0. The molecule has 0 radical (unpaired) electrons. The quantitative estimate of drug-likeness (QED) is 0.907. The van der Waals surface area contributed by atoms with Crippen molar-refractivity contribution in [3.63, 3.8) is 0 Å². The first-order chi connectivity index (χ1) is 11.8. The van der Waals surface area contributed by atoms with Gasteiger partial charge in [0.15, 0.2) is 11.6 Å². The number of allylic oxidation sites excluding steroid dienone is 2. The lowest BCUT2D eigenvalue weighted by atomic mass is 9.86. The lowest BCUT2D eigenvalue weighted by molar-refractivity contribution is -0.382. The van der Waals surface area contributed by atoms with Gasteiger partial charge < -0.3 is 5.48 Å². The van der Waals surface area contributed by atoms with E-state index in [4.69, 9.17) is 0 Å². The number of fused-ring (bicyclic) bond motifs is 1. The van der Waals surface area contributed by atoms with Crippen LogP contribution in [0.2, 0.25) is 0 Å². The molecule has 1 aliphatic carbocycles. The summed E-state index contributed by atoms with van der Waals surface area (Å²) in [6.07, 6.45) is -3.70. The summed E-state index contributed by atoms with van der Waals surface area (Å²) in [5.41, 5.74) is -0.910. The van der Waals surface area contributed by atoms with Gasteiger partial charge in [-0.1, -0.05) is 30.3 Å². The Balaban J connectivity index is 0.00000243. The Morgan fingerprint density at radius 2 is 1.62 bits per heavy atom. The number of hydrogen-bond donors (Lipinski definition) is 1.